The Kier molecular flexibility index (Phi) is 3.22. The summed E-state index contributed by atoms with van der Waals surface area (Å²) in [6, 6.07) is 19.0. The van der Waals surface area contributed by atoms with E-state index >= 15 is 0 Å². The quantitative estimate of drug-likeness (QED) is 0.577. The van der Waals surface area contributed by atoms with Crippen LogP contribution >= 0.6 is 0 Å². The predicted octanol–water partition coefficient (Wildman–Crippen LogP) is 4.06. The number of nitrogens with two attached hydrogens (primary N) is 1. The van der Waals surface area contributed by atoms with E-state index in [1.165, 1.54) is 11.1 Å². The van der Waals surface area contributed by atoms with Gasteiger partial charge in [0.25, 0.3) is 0 Å². The Balaban J connectivity index is 1.86. The van der Waals surface area contributed by atoms with E-state index in [0.29, 0.717) is 0 Å². The van der Waals surface area contributed by atoms with E-state index < -0.39 is 0 Å². The minimum absolute atomic E-state index is 0.0331. The van der Waals surface area contributed by atoms with Gasteiger partial charge in [-0.25, -0.2) is 9.50 Å². The molecule has 3 heterocycles. The molecular formula is C21H19N5. The Labute approximate surface area is 151 Å². The van der Waals surface area contributed by atoms with Crippen molar-refractivity contribution in [3.05, 3.63) is 77.5 Å². The minimum atomic E-state index is 0.0331. The van der Waals surface area contributed by atoms with E-state index in [1.807, 2.05) is 22.8 Å². The van der Waals surface area contributed by atoms with Crippen LogP contribution in [0.15, 0.2) is 60.8 Å². The molecule has 1 aliphatic heterocycles. The van der Waals surface area contributed by atoms with Gasteiger partial charge in [0.2, 0.25) is 5.95 Å². The summed E-state index contributed by atoms with van der Waals surface area (Å²) in [6.45, 7) is 2.19. The van der Waals surface area contributed by atoms with Crippen LogP contribution in [0.3, 0.4) is 0 Å². The van der Waals surface area contributed by atoms with Crippen molar-refractivity contribution in [1.29, 1.82) is 0 Å². The number of nitrogens with zero attached hydrogens (tertiary/aromatic N) is 3. The van der Waals surface area contributed by atoms with Gasteiger partial charge in [-0.2, -0.15) is 0 Å². The maximum atomic E-state index is 5.97. The smallest absolute Gasteiger partial charge is 0.238 e. The number of para-hydroxylation sites is 1. The second kappa shape index (κ2) is 5.59. The zero-order valence-electron chi connectivity index (χ0n) is 14.5. The highest BCUT2D eigenvalue weighted by Crippen LogP contribution is 2.42. The third-order valence-electron chi connectivity index (χ3n) is 5.10. The first-order chi connectivity index (χ1) is 12.8. The summed E-state index contributed by atoms with van der Waals surface area (Å²) in [5.74, 6) is 0.275. The molecule has 3 N–H and O–H groups in total. The molecule has 4 aromatic rings. The molecular weight excluding hydrogens is 322 g/mol. The number of anilines is 2. The molecule has 0 amide bonds. The van der Waals surface area contributed by atoms with Crippen molar-refractivity contribution < 1.29 is 0 Å². The second-order valence-electron chi connectivity index (χ2n) is 6.56. The third-order valence-corrected chi connectivity index (χ3v) is 5.10. The monoisotopic (exact) mass is 341 g/mol. The van der Waals surface area contributed by atoms with Crippen molar-refractivity contribution in [2.24, 2.45) is 0 Å². The Hall–Kier alpha value is -3.34. The van der Waals surface area contributed by atoms with E-state index in [-0.39, 0.29) is 12.0 Å². The molecule has 2 aromatic carbocycles. The summed E-state index contributed by atoms with van der Waals surface area (Å²) in [4.78, 5) is 4.58. The number of fused-ring (bicyclic) bond motifs is 2. The average Bonchev–Trinajstić information content (AvgIpc) is 3.03. The molecule has 5 heteroatoms. The number of benzene rings is 2. The largest absolute Gasteiger partial charge is 0.373 e. The Morgan fingerprint density at radius 3 is 2.73 bits per heavy atom. The molecule has 0 saturated heterocycles. The van der Waals surface area contributed by atoms with Gasteiger partial charge in [0.1, 0.15) is 5.69 Å². The predicted molar refractivity (Wildman–Crippen MR) is 104 cm³/mol. The van der Waals surface area contributed by atoms with E-state index in [0.717, 1.165) is 34.4 Å². The van der Waals surface area contributed by atoms with E-state index in [4.69, 9.17) is 5.73 Å². The van der Waals surface area contributed by atoms with Gasteiger partial charge in [-0.3, -0.25) is 0 Å². The van der Waals surface area contributed by atoms with Crippen LogP contribution in [0.2, 0.25) is 0 Å². The second-order valence-corrected chi connectivity index (χ2v) is 6.56. The first kappa shape index (κ1) is 15.0. The van der Waals surface area contributed by atoms with Crippen molar-refractivity contribution in [3.8, 4) is 11.3 Å². The molecule has 1 atom stereocenters. The number of aryl methyl sites for hydroxylation is 1. The molecule has 5 nitrogen and oxygen atoms in total. The summed E-state index contributed by atoms with van der Waals surface area (Å²) in [7, 11) is 0. The van der Waals surface area contributed by atoms with Gasteiger partial charge in [-0.1, -0.05) is 49.4 Å². The average molecular weight is 341 g/mol. The van der Waals surface area contributed by atoms with Gasteiger partial charge in [0, 0.05) is 23.0 Å². The highest BCUT2D eigenvalue weighted by molar-refractivity contribution is 5.90. The molecule has 0 radical (unpaired) electrons. The van der Waals surface area contributed by atoms with Crippen molar-refractivity contribution in [3.63, 3.8) is 0 Å². The molecule has 2 aromatic heterocycles. The Morgan fingerprint density at radius 1 is 1.04 bits per heavy atom. The molecule has 5 rings (SSSR count). The van der Waals surface area contributed by atoms with Gasteiger partial charge >= 0.3 is 0 Å². The molecule has 1 unspecified atom stereocenters. The zero-order chi connectivity index (χ0) is 17.7. The molecule has 0 saturated carbocycles. The van der Waals surface area contributed by atoms with Crippen LogP contribution in [0.1, 0.15) is 29.7 Å². The SMILES string of the molecule is CCc1ccccc1C1Nc2ccccc2-c2nc(N)nn3ccc1c23. The molecule has 0 aliphatic carbocycles. The van der Waals surface area contributed by atoms with Gasteiger partial charge in [0.05, 0.1) is 11.6 Å². The van der Waals surface area contributed by atoms with Crippen LogP contribution in [0, 0.1) is 0 Å². The Bertz CT molecular complexity index is 1130. The number of hydrogen-bond donors (Lipinski definition) is 2. The normalized spacial score (nSPS) is 15.3. The number of aromatic nitrogens is 3. The summed E-state index contributed by atoms with van der Waals surface area (Å²) in [5, 5.41) is 8.12. The molecule has 26 heavy (non-hydrogen) atoms. The zero-order valence-corrected chi connectivity index (χ0v) is 14.5. The molecule has 0 bridgehead atoms. The molecule has 1 aliphatic rings. The fraction of sp³-hybridized carbons (Fsp3) is 0.143. The first-order valence-corrected chi connectivity index (χ1v) is 8.84. The van der Waals surface area contributed by atoms with Crippen molar-refractivity contribution in [2.75, 3.05) is 11.1 Å². The van der Waals surface area contributed by atoms with Crippen LogP contribution in [-0.2, 0) is 6.42 Å². The van der Waals surface area contributed by atoms with Crippen molar-refractivity contribution >= 4 is 17.2 Å². The summed E-state index contributed by atoms with van der Waals surface area (Å²) < 4.78 is 1.85. The van der Waals surface area contributed by atoms with E-state index in [1.54, 1.807) is 0 Å². The molecule has 0 fully saturated rings. The third kappa shape index (κ3) is 2.10. The number of hydrogen-bond acceptors (Lipinski definition) is 4. The number of nitrogen functional groups attached to an aromatic ring is 1. The lowest BCUT2D eigenvalue weighted by Gasteiger charge is -2.22. The first-order valence-electron chi connectivity index (χ1n) is 8.84. The maximum Gasteiger partial charge on any atom is 0.238 e. The number of nitrogens with one attached hydrogen (secondary N) is 1. The Morgan fingerprint density at radius 2 is 1.85 bits per heavy atom. The maximum absolute atomic E-state index is 5.97. The van der Waals surface area contributed by atoms with E-state index in [9.17, 15) is 0 Å². The van der Waals surface area contributed by atoms with E-state index in [2.05, 4.69) is 64.8 Å². The van der Waals surface area contributed by atoms with Crippen molar-refractivity contribution in [2.45, 2.75) is 19.4 Å². The summed E-state index contributed by atoms with van der Waals surface area (Å²) in [5.41, 5.74) is 13.7. The van der Waals surface area contributed by atoms with Crippen LogP contribution < -0.4 is 11.1 Å². The standard InChI is InChI=1S/C21H19N5/c1-2-13-7-3-4-8-14(13)18-16-11-12-26-20(16)19(24-21(22)25-26)15-9-5-6-10-17(15)23-18/h3-12,18,23H,2H2,1H3,(H2,22,25). The lowest BCUT2D eigenvalue weighted by atomic mass is 9.94. The lowest BCUT2D eigenvalue weighted by Crippen LogP contribution is -2.13. The van der Waals surface area contributed by atoms with Gasteiger partial charge in [-0.05, 0) is 29.7 Å². The van der Waals surface area contributed by atoms with Crippen LogP contribution in [0.25, 0.3) is 16.8 Å². The van der Waals surface area contributed by atoms with Crippen LogP contribution in [0.5, 0.6) is 0 Å². The highest BCUT2D eigenvalue weighted by Gasteiger charge is 2.27. The van der Waals surface area contributed by atoms with Crippen molar-refractivity contribution in [1.82, 2.24) is 14.6 Å². The molecule has 0 spiro atoms. The summed E-state index contributed by atoms with van der Waals surface area (Å²) >= 11 is 0. The summed E-state index contributed by atoms with van der Waals surface area (Å²) in [6.07, 6.45) is 2.95. The number of rotatable bonds is 2. The lowest BCUT2D eigenvalue weighted by molar-refractivity contribution is 0.902. The van der Waals surface area contributed by atoms with Crippen LogP contribution in [-0.4, -0.2) is 14.6 Å². The van der Waals surface area contributed by atoms with Gasteiger partial charge in [0.15, 0.2) is 0 Å². The van der Waals surface area contributed by atoms with Crippen LogP contribution in [0.4, 0.5) is 11.6 Å². The van der Waals surface area contributed by atoms with Gasteiger partial charge in [-0.15, -0.1) is 5.10 Å². The molecule has 128 valence electrons. The minimum Gasteiger partial charge on any atom is -0.373 e. The fourth-order valence-electron chi connectivity index (χ4n) is 3.92. The van der Waals surface area contributed by atoms with Gasteiger partial charge < -0.3 is 11.1 Å². The fourth-order valence-corrected chi connectivity index (χ4v) is 3.92. The topological polar surface area (TPSA) is 68.2 Å². The highest BCUT2D eigenvalue weighted by atomic mass is 15.3.